The van der Waals surface area contributed by atoms with Gasteiger partial charge in [0.25, 0.3) is 0 Å². The number of hydrogen-bond acceptors (Lipinski definition) is 3. The van der Waals surface area contributed by atoms with Gasteiger partial charge in [-0.25, -0.2) is 0 Å². The van der Waals surface area contributed by atoms with E-state index in [1.165, 1.54) is 5.56 Å². The van der Waals surface area contributed by atoms with E-state index in [2.05, 4.69) is 37.0 Å². The van der Waals surface area contributed by atoms with Crippen molar-refractivity contribution in [2.45, 2.75) is 46.1 Å². The molecular weight excluding hydrogens is 266 g/mol. The Labute approximate surface area is 126 Å². The normalized spacial score (nSPS) is 23.0. The molecular formula is C16H27N3O2. The molecule has 2 heterocycles. The van der Waals surface area contributed by atoms with Gasteiger partial charge in [-0.15, -0.1) is 0 Å². The van der Waals surface area contributed by atoms with Crippen LogP contribution in [0.25, 0.3) is 0 Å². The maximum atomic E-state index is 10.9. The molecule has 3 unspecified atom stereocenters. The first-order chi connectivity index (χ1) is 9.88. The lowest BCUT2D eigenvalue weighted by atomic mass is 9.84. The van der Waals surface area contributed by atoms with Crippen molar-refractivity contribution in [1.29, 1.82) is 0 Å². The number of piperidine rings is 1. The van der Waals surface area contributed by atoms with Gasteiger partial charge in [0.2, 0.25) is 0 Å². The molecule has 1 aromatic rings. The maximum Gasteiger partial charge on any atom is 0.303 e. The summed E-state index contributed by atoms with van der Waals surface area (Å²) in [5.74, 6) is 0.0394. The van der Waals surface area contributed by atoms with E-state index in [-0.39, 0.29) is 12.3 Å². The Morgan fingerprint density at radius 3 is 2.81 bits per heavy atom. The number of aliphatic carboxylic acids is 1. The summed E-state index contributed by atoms with van der Waals surface area (Å²) in [6, 6.07) is 0.346. The van der Waals surface area contributed by atoms with Gasteiger partial charge >= 0.3 is 5.97 Å². The van der Waals surface area contributed by atoms with Crippen molar-refractivity contribution in [3.05, 3.63) is 17.5 Å². The van der Waals surface area contributed by atoms with E-state index < -0.39 is 5.97 Å². The van der Waals surface area contributed by atoms with Gasteiger partial charge in [-0.1, -0.05) is 6.92 Å². The highest BCUT2D eigenvalue weighted by molar-refractivity contribution is 5.67. The van der Waals surface area contributed by atoms with Crippen molar-refractivity contribution in [2.24, 2.45) is 18.9 Å². The molecule has 5 heteroatoms. The second-order valence-corrected chi connectivity index (χ2v) is 6.49. The minimum atomic E-state index is -0.684. The number of rotatable bonds is 5. The third-order valence-corrected chi connectivity index (χ3v) is 4.84. The largest absolute Gasteiger partial charge is 0.481 e. The molecule has 118 valence electrons. The maximum absolute atomic E-state index is 10.9. The monoisotopic (exact) mass is 293 g/mol. The van der Waals surface area contributed by atoms with Gasteiger partial charge in [0.1, 0.15) is 0 Å². The van der Waals surface area contributed by atoms with Gasteiger partial charge in [-0.05, 0) is 45.1 Å². The molecule has 5 nitrogen and oxygen atoms in total. The molecule has 0 amide bonds. The number of carboxylic acid groups (broad SMARTS) is 1. The van der Waals surface area contributed by atoms with E-state index in [9.17, 15) is 4.79 Å². The summed E-state index contributed by atoms with van der Waals surface area (Å²) in [5.41, 5.74) is 2.37. The Morgan fingerprint density at radius 1 is 1.52 bits per heavy atom. The van der Waals surface area contributed by atoms with Crippen molar-refractivity contribution in [1.82, 2.24) is 14.7 Å². The number of aromatic nitrogens is 2. The minimum Gasteiger partial charge on any atom is -0.481 e. The third kappa shape index (κ3) is 3.84. The lowest BCUT2D eigenvalue weighted by Gasteiger charge is -2.38. The van der Waals surface area contributed by atoms with Crippen molar-refractivity contribution in [3.63, 3.8) is 0 Å². The Bertz CT molecular complexity index is 498. The first-order valence-corrected chi connectivity index (χ1v) is 7.84. The van der Waals surface area contributed by atoms with Crippen LogP contribution < -0.4 is 0 Å². The van der Waals surface area contributed by atoms with Crippen molar-refractivity contribution in [2.75, 3.05) is 13.1 Å². The van der Waals surface area contributed by atoms with Crippen LogP contribution >= 0.6 is 0 Å². The quantitative estimate of drug-likeness (QED) is 0.906. The molecule has 1 aliphatic rings. The smallest absolute Gasteiger partial charge is 0.303 e. The van der Waals surface area contributed by atoms with Gasteiger partial charge in [-0.2, -0.15) is 5.10 Å². The van der Waals surface area contributed by atoms with Gasteiger partial charge < -0.3 is 5.11 Å². The van der Waals surface area contributed by atoms with Crippen molar-refractivity contribution in [3.8, 4) is 0 Å². The average Bonchev–Trinajstić information content (AvgIpc) is 2.76. The van der Waals surface area contributed by atoms with E-state index in [0.29, 0.717) is 12.0 Å². The summed E-state index contributed by atoms with van der Waals surface area (Å²) >= 11 is 0. The number of carbonyl (C=O) groups is 1. The zero-order valence-electron chi connectivity index (χ0n) is 13.5. The molecule has 1 aromatic heterocycles. The Balaban J connectivity index is 2.03. The lowest BCUT2D eigenvalue weighted by Crippen LogP contribution is -2.39. The molecule has 2 rings (SSSR count). The standard InChI is InChI=1S/C16H27N3O2/c1-11(8-16(20)21)14-6-5-7-19(9-14)13(3)15-10-18(4)17-12(15)2/h10-11,13-14H,5-9H2,1-4H3,(H,20,21). The average molecular weight is 293 g/mol. The summed E-state index contributed by atoms with van der Waals surface area (Å²) in [6.45, 7) is 8.44. The molecule has 0 spiro atoms. The van der Waals surface area contributed by atoms with E-state index in [0.717, 1.165) is 31.6 Å². The molecule has 0 aromatic carbocycles. The van der Waals surface area contributed by atoms with Gasteiger partial charge in [-0.3, -0.25) is 14.4 Å². The lowest BCUT2D eigenvalue weighted by molar-refractivity contribution is -0.138. The topological polar surface area (TPSA) is 58.4 Å². The van der Waals surface area contributed by atoms with Crippen LogP contribution in [-0.4, -0.2) is 38.8 Å². The molecule has 1 N–H and O–H groups in total. The number of hydrogen-bond donors (Lipinski definition) is 1. The molecule has 21 heavy (non-hydrogen) atoms. The van der Waals surface area contributed by atoms with Crippen LogP contribution in [0.4, 0.5) is 0 Å². The van der Waals surface area contributed by atoms with Crippen molar-refractivity contribution >= 4 is 5.97 Å². The molecule has 0 bridgehead atoms. The second kappa shape index (κ2) is 6.60. The highest BCUT2D eigenvalue weighted by atomic mass is 16.4. The Kier molecular flexibility index (Phi) is 5.04. The fourth-order valence-electron chi connectivity index (χ4n) is 3.52. The van der Waals surface area contributed by atoms with Crippen LogP contribution in [-0.2, 0) is 11.8 Å². The molecule has 0 radical (unpaired) electrons. The Hall–Kier alpha value is -1.36. The number of likely N-dealkylation sites (tertiary alicyclic amines) is 1. The van der Waals surface area contributed by atoms with Gasteiger partial charge in [0.05, 0.1) is 5.69 Å². The summed E-state index contributed by atoms with van der Waals surface area (Å²) in [6.07, 6.45) is 4.67. The number of nitrogens with zero attached hydrogens (tertiary/aromatic N) is 3. The fourth-order valence-corrected chi connectivity index (χ4v) is 3.52. The fraction of sp³-hybridized carbons (Fsp3) is 0.750. The first-order valence-electron chi connectivity index (χ1n) is 7.84. The van der Waals surface area contributed by atoms with E-state index in [4.69, 9.17) is 5.11 Å². The van der Waals surface area contributed by atoms with Crippen LogP contribution in [0.5, 0.6) is 0 Å². The minimum absolute atomic E-state index is 0.243. The van der Waals surface area contributed by atoms with Crippen LogP contribution in [0, 0.1) is 18.8 Å². The highest BCUT2D eigenvalue weighted by Crippen LogP contribution is 2.31. The molecule has 1 fully saturated rings. The summed E-state index contributed by atoms with van der Waals surface area (Å²) in [7, 11) is 1.96. The SMILES string of the molecule is Cc1nn(C)cc1C(C)N1CCCC(C(C)CC(=O)O)C1. The van der Waals surface area contributed by atoms with Crippen LogP contribution in [0.2, 0.25) is 0 Å². The first kappa shape index (κ1) is 16.0. The molecule has 1 aliphatic heterocycles. The van der Waals surface area contributed by atoms with E-state index in [1.54, 1.807) is 0 Å². The number of aryl methyl sites for hydroxylation is 2. The highest BCUT2D eigenvalue weighted by Gasteiger charge is 2.29. The Morgan fingerprint density at radius 2 is 2.24 bits per heavy atom. The summed E-state index contributed by atoms with van der Waals surface area (Å²) in [5, 5.41) is 13.4. The zero-order valence-corrected chi connectivity index (χ0v) is 13.5. The predicted molar refractivity (Wildman–Crippen MR) is 82.1 cm³/mol. The van der Waals surface area contributed by atoms with Crippen molar-refractivity contribution < 1.29 is 9.90 Å². The third-order valence-electron chi connectivity index (χ3n) is 4.84. The molecule has 0 aliphatic carbocycles. The van der Waals surface area contributed by atoms with Crippen LogP contribution in [0.1, 0.15) is 50.4 Å². The molecule has 1 saturated heterocycles. The molecule has 0 saturated carbocycles. The van der Waals surface area contributed by atoms with E-state index in [1.807, 2.05) is 11.7 Å². The van der Waals surface area contributed by atoms with Gasteiger partial charge in [0.15, 0.2) is 0 Å². The second-order valence-electron chi connectivity index (χ2n) is 6.49. The summed E-state index contributed by atoms with van der Waals surface area (Å²) in [4.78, 5) is 13.4. The van der Waals surface area contributed by atoms with Crippen LogP contribution in [0.15, 0.2) is 6.20 Å². The summed E-state index contributed by atoms with van der Waals surface area (Å²) < 4.78 is 1.87. The predicted octanol–water partition coefficient (Wildman–Crippen LogP) is 2.61. The zero-order chi connectivity index (χ0) is 15.6. The van der Waals surface area contributed by atoms with Gasteiger partial charge in [0, 0.05) is 37.8 Å². The van der Waals surface area contributed by atoms with Crippen LogP contribution in [0.3, 0.4) is 0 Å². The number of carboxylic acids is 1. The van der Waals surface area contributed by atoms with E-state index >= 15 is 0 Å². The molecule has 3 atom stereocenters.